The highest BCUT2D eigenvalue weighted by atomic mass is 35.5. The van der Waals surface area contributed by atoms with Crippen molar-refractivity contribution in [1.29, 1.82) is 0 Å². The van der Waals surface area contributed by atoms with Crippen molar-refractivity contribution >= 4 is 33.8 Å². The smallest absolute Gasteiger partial charge is 0.214 e. The number of aromatic nitrogens is 5. The van der Waals surface area contributed by atoms with Crippen molar-refractivity contribution in [3.05, 3.63) is 36.8 Å². The number of hydrogen-bond acceptors (Lipinski definition) is 7. The number of piperidine rings is 1. The lowest BCUT2D eigenvalue weighted by atomic mass is 9.98. The largest absolute Gasteiger partial charge is 0.507 e. The van der Waals surface area contributed by atoms with E-state index in [9.17, 15) is 5.11 Å². The predicted octanol–water partition coefficient (Wildman–Crippen LogP) is 4.01. The van der Waals surface area contributed by atoms with E-state index in [1.807, 2.05) is 18.3 Å². The molecule has 6 rings (SSSR count). The Hall–Kier alpha value is -2.62. The van der Waals surface area contributed by atoms with Crippen molar-refractivity contribution in [2.45, 2.75) is 43.8 Å². The molecule has 10 heteroatoms. The first-order valence-electron chi connectivity index (χ1n) is 10.3. The first-order chi connectivity index (χ1) is 14.6. The number of nitrogens with zero attached hydrogens (tertiary/aromatic N) is 5. The van der Waals surface area contributed by atoms with Gasteiger partial charge in [0.2, 0.25) is 10.1 Å². The predicted molar refractivity (Wildman–Crippen MR) is 124 cm³/mol. The monoisotopic (exact) mass is 457 g/mol. The van der Waals surface area contributed by atoms with E-state index >= 15 is 0 Å². The molecule has 2 saturated heterocycles. The highest BCUT2D eigenvalue weighted by molar-refractivity contribution is 7.20. The summed E-state index contributed by atoms with van der Waals surface area (Å²) in [7, 11) is 2.26. The number of H-pyrrole nitrogens is 1. The van der Waals surface area contributed by atoms with Gasteiger partial charge in [-0.15, -0.1) is 17.5 Å². The number of aromatic hydroxyl groups is 1. The topological polar surface area (TPSA) is 94.4 Å². The summed E-state index contributed by atoms with van der Waals surface area (Å²) in [5.41, 5.74) is 3.25. The summed E-state index contributed by atoms with van der Waals surface area (Å²) < 4.78 is 1.80. The molecule has 0 amide bonds. The average Bonchev–Trinajstić information content (AvgIpc) is 3.47. The fraction of sp³-hybridized carbons (Fsp3) is 0.381. The molecule has 3 aromatic heterocycles. The third kappa shape index (κ3) is 3.56. The van der Waals surface area contributed by atoms with E-state index in [0.717, 1.165) is 21.2 Å². The summed E-state index contributed by atoms with van der Waals surface area (Å²) in [6.07, 6.45) is 10.4. The summed E-state index contributed by atoms with van der Waals surface area (Å²) in [4.78, 5) is 8.06. The molecular formula is C21H24ClN7OS. The van der Waals surface area contributed by atoms with Gasteiger partial charge in [0, 0.05) is 35.4 Å². The summed E-state index contributed by atoms with van der Waals surface area (Å²) in [5.74, 6) is 0.194. The Labute approximate surface area is 189 Å². The number of rotatable bonds is 4. The zero-order chi connectivity index (χ0) is 20.2. The van der Waals surface area contributed by atoms with Gasteiger partial charge in [0.15, 0.2) is 0 Å². The van der Waals surface area contributed by atoms with E-state index in [1.54, 1.807) is 34.3 Å². The van der Waals surface area contributed by atoms with Gasteiger partial charge in [-0.2, -0.15) is 5.10 Å². The van der Waals surface area contributed by atoms with Crippen molar-refractivity contribution in [3.8, 4) is 28.1 Å². The molecule has 0 spiro atoms. The summed E-state index contributed by atoms with van der Waals surface area (Å²) in [5, 5.41) is 26.5. The summed E-state index contributed by atoms with van der Waals surface area (Å²) >= 11 is 1.56. The molecule has 0 aliphatic carbocycles. The van der Waals surface area contributed by atoms with E-state index in [1.165, 1.54) is 25.7 Å². The third-order valence-electron chi connectivity index (χ3n) is 6.57. The fourth-order valence-electron chi connectivity index (χ4n) is 4.93. The van der Waals surface area contributed by atoms with Gasteiger partial charge in [-0.25, -0.2) is 9.50 Å². The lowest BCUT2D eigenvalue weighted by Gasteiger charge is -2.36. The van der Waals surface area contributed by atoms with Crippen molar-refractivity contribution in [3.63, 3.8) is 0 Å². The maximum Gasteiger partial charge on any atom is 0.214 e. The van der Waals surface area contributed by atoms with Gasteiger partial charge in [-0.1, -0.05) is 17.4 Å². The van der Waals surface area contributed by atoms with E-state index in [2.05, 4.69) is 32.6 Å². The molecule has 8 nitrogen and oxygen atoms in total. The molecule has 0 saturated carbocycles. The van der Waals surface area contributed by atoms with E-state index in [0.29, 0.717) is 29.4 Å². The van der Waals surface area contributed by atoms with Gasteiger partial charge >= 0.3 is 0 Å². The van der Waals surface area contributed by atoms with Crippen LogP contribution in [0.15, 0.2) is 36.8 Å². The molecule has 2 aliphatic heterocycles. The van der Waals surface area contributed by atoms with Crippen LogP contribution in [-0.2, 0) is 0 Å². The molecule has 2 bridgehead atoms. The lowest BCUT2D eigenvalue weighted by Crippen LogP contribution is -2.44. The maximum absolute atomic E-state index is 10.5. The number of anilines is 1. The Bertz CT molecular complexity index is 1160. The number of nitrogens with one attached hydrogen (secondary N) is 2. The van der Waals surface area contributed by atoms with E-state index < -0.39 is 0 Å². The third-order valence-corrected chi connectivity index (χ3v) is 7.43. The molecule has 0 radical (unpaired) electrons. The fourth-order valence-corrected chi connectivity index (χ4v) is 5.79. The van der Waals surface area contributed by atoms with Gasteiger partial charge in [0.1, 0.15) is 5.75 Å². The van der Waals surface area contributed by atoms with E-state index in [-0.39, 0.29) is 18.2 Å². The first-order valence-corrected chi connectivity index (χ1v) is 11.1. The minimum Gasteiger partial charge on any atom is -0.507 e. The van der Waals surface area contributed by atoms with Gasteiger partial charge in [-0.05, 0) is 50.4 Å². The van der Waals surface area contributed by atoms with Crippen molar-refractivity contribution in [2.24, 2.45) is 0 Å². The van der Waals surface area contributed by atoms with Gasteiger partial charge in [0.25, 0.3) is 0 Å². The number of imidazole rings is 1. The number of aromatic amines is 1. The maximum atomic E-state index is 10.5. The van der Waals surface area contributed by atoms with E-state index in [4.69, 9.17) is 4.98 Å². The minimum atomic E-state index is 0. The van der Waals surface area contributed by atoms with Crippen molar-refractivity contribution in [2.75, 3.05) is 12.4 Å². The van der Waals surface area contributed by atoms with Crippen LogP contribution in [0.4, 0.5) is 5.13 Å². The number of fused-ring (bicyclic) bond motifs is 3. The standard InChI is InChI=1S/C21H23N7OS.ClH/c1-27-15-3-4-16(27)8-14(7-15)24-20-26-28-11-18(25-21(28)30-20)17-5-2-12(6-19(17)29)13-9-22-23-10-13;/h2,5-6,9-11,14-16,29H,3-4,7-8H2,1H3,(H,22,23)(H,24,26);1H. The Balaban J connectivity index is 0.00000204. The Morgan fingerprint density at radius 2 is 2.00 bits per heavy atom. The van der Waals surface area contributed by atoms with Gasteiger partial charge in [0.05, 0.1) is 18.1 Å². The quantitative estimate of drug-likeness (QED) is 0.428. The van der Waals surface area contributed by atoms with Crippen LogP contribution in [0.25, 0.3) is 27.3 Å². The molecule has 2 fully saturated rings. The van der Waals surface area contributed by atoms with Crippen LogP contribution in [0.2, 0.25) is 0 Å². The second-order valence-corrected chi connectivity index (χ2v) is 9.30. The van der Waals surface area contributed by atoms with Crippen LogP contribution in [0, 0.1) is 0 Å². The number of phenols is 1. The zero-order valence-corrected chi connectivity index (χ0v) is 18.7. The van der Waals surface area contributed by atoms with Gasteiger partial charge < -0.3 is 15.3 Å². The molecule has 2 unspecified atom stereocenters. The van der Waals surface area contributed by atoms with Crippen LogP contribution >= 0.6 is 23.7 Å². The molecule has 4 aromatic rings. The number of hydrogen-bond donors (Lipinski definition) is 3. The normalized spacial score (nSPS) is 23.2. The average molecular weight is 458 g/mol. The lowest BCUT2D eigenvalue weighted by molar-refractivity contribution is 0.169. The molecule has 2 atom stereocenters. The number of benzene rings is 1. The highest BCUT2D eigenvalue weighted by Gasteiger charge is 2.38. The number of halogens is 1. The van der Waals surface area contributed by atoms with Crippen LogP contribution in [0.3, 0.4) is 0 Å². The molecule has 2 aliphatic rings. The van der Waals surface area contributed by atoms with Crippen molar-refractivity contribution < 1.29 is 5.11 Å². The minimum absolute atomic E-state index is 0. The molecular weight excluding hydrogens is 434 g/mol. The second-order valence-electron chi connectivity index (χ2n) is 8.34. The van der Waals surface area contributed by atoms with Crippen LogP contribution in [0.5, 0.6) is 5.75 Å². The summed E-state index contributed by atoms with van der Waals surface area (Å²) in [6.45, 7) is 0. The van der Waals surface area contributed by atoms with Gasteiger partial charge in [-0.3, -0.25) is 5.10 Å². The Morgan fingerprint density at radius 1 is 1.19 bits per heavy atom. The summed E-state index contributed by atoms with van der Waals surface area (Å²) in [6, 6.07) is 7.46. The Kier molecular flexibility index (Phi) is 5.11. The number of phenolic OH excluding ortho intramolecular Hbond substituents is 1. The SMILES string of the molecule is CN1C2CCC1CC(Nc1nn3cc(-c4ccc(-c5cn[nH]c5)cc4O)nc3s1)C2.Cl. The second kappa shape index (κ2) is 7.81. The highest BCUT2D eigenvalue weighted by Crippen LogP contribution is 2.37. The Morgan fingerprint density at radius 3 is 2.68 bits per heavy atom. The zero-order valence-electron chi connectivity index (χ0n) is 17.0. The molecule has 162 valence electrons. The van der Waals surface area contributed by atoms with Crippen LogP contribution in [-0.4, -0.2) is 60.0 Å². The molecule has 5 heterocycles. The van der Waals surface area contributed by atoms with Crippen molar-refractivity contribution in [1.82, 2.24) is 29.7 Å². The van der Waals surface area contributed by atoms with Crippen LogP contribution < -0.4 is 5.32 Å². The first kappa shape index (κ1) is 20.3. The molecule has 31 heavy (non-hydrogen) atoms. The molecule has 3 N–H and O–H groups in total. The molecule has 1 aromatic carbocycles. The van der Waals surface area contributed by atoms with Crippen LogP contribution in [0.1, 0.15) is 25.7 Å².